The molecule has 2 aliphatic heterocycles. The summed E-state index contributed by atoms with van der Waals surface area (Å²) in [6, 6.07) is 2.52. The number of nitrogens with zero attached hydrogens (tertiary/aromatic N) is 1. The summed E-state index contributed by atoms with van der Waals surface area (Å²) in [5.74, 6) is 2.33. The van der Waals surface area contributed by atoms with E-state index in [1.54, 1.807) is 7.11 Å². The molecule has 1 saturated heterocycles. The molecule has 0 saturated carbocycles. The number of methoxy groups -OCH3 is 1. The first kappa shape index (κ1) is 14.2. The van der Waals surface area contributed by atoms with Gasteiger partial charge in [0.1, 0.15) is 0 Å². The highest BCUT2D eigenvalue weighted by Crippen LogP contribution is 2.47. The molecule has 2 heterocycles. The number of halogens is 1. The number of ether oxygens (including phenoxy) is 2. The lowest BCUT2D eigenvalue weighted by Gasteiger charge is -2.23. The maximum atomic E-state index is 5.84. The second-order valence-corrected chi connectivity index (χ2v) is 6.47. The second-order valence-electron chi connectivity index (χ2n) is 5.68. The molecule has 2 atom stereocenters. The smallest absolute Gasteiger partial charge is 0.165 e. The lowest BCUT2D eigenvalue weighted by molar-refractivity contribution is 0.308. The van der Waals surface area contributed by atoms with Gasteiger partial charge in [-0.3, -0.25) is 4.90 Å². The van der Waals surface area contributed by atoms with E-state index < -0.39 is 0 Å². The van der Waals surface area contributed by atoms with Gasteiger partial charge in [0.25, 0.3) is 0 Å². The predicted octanol–water partition coefficient (Wildman–Crippen LogP) is 2.34. The van der Waals surface area contributed by atoms with Crippen LogP contribution in [0.4, 0.5) is 0 Å². The van der Waals surface area contributed by atoms with Crippen molar-refractivity contribution in [2.24, 2.45) is 11.7 Å². The summed E-state index contributed by atoms with van der Waals surface area (Å²) in [5.41, 5.74) is 8.37. The quantitative estimate of drug-likeness (QED) is 0.917. The van der Waals surface area contributed by atoms with Crippen molar-refractivity contribution in [3.63, 3.8) is 0 Å². The largest absolute Gasteiger partial charge is 0.493 e. The number of likely N-dealkylation sites (tertiary alicyclic amines) is 1. The third-order valence-corrected chi connectivity index (χ3v) is 5.38. The lowest BCUT2D eigenvalue weighted by atomic mass is 9.97. The standard InChI is InChI=1S/C15H21BrN2O2/c1-18-8-9(7-17)5-12(18)11-6-13(19-2)15-10(14(11)16)3-4-20-15/h6,9,12H,3-5,7-8,17H2,1-2H3. The van der Waals surface area contributed by atoms with Crippen molar-refractivity contribution in [2.75, 3.05) is 33.9 Å². The van der Waals surface area contributed by atoms with E-state index in [1.165, 1.54) is 15.6 Å². The number of fused-ring (bicyclic) bond motifs is 1. The average Bonchev–Trinajstić information content (AvgIpc) is 3.06. The van der Waals surface area contributed by atoms with Gasteiger partial charge in [0.2, 0.25) is 0 Å². The Labute approximate surface area is 128 Å². The summed E-state index contributed by atoms with van der Waals surface area (Å²) in [4.78, 5) is 2.39. The predicted molar refractivity (Wildman–Crippen MR) is 82.4 cm³/mol. The van der Waals surface area contributed by atoms with Crippen LogP contribution in [0.5, 0.6) is 11.5 Å². The minimum absolute atomic E-state index is 0.401. The Kier molecular flexibility index (Phi) is 3.93. The van der Waals surface area contributed by atoms with Crippen LogP contribution in [0.15, 0.2) is 10.5 Å². The molecule has 0 amide bonds. The van der Waals surface area contributed by atoms with Gasteiger partial charge in [-0.25, -0.2) is 0 Å². The van der Waals surface area contributed by atoms with Crippen molar-refractivity contribution < 1.29 is 9.47 Å². The van der Waals surface area contributed by atoms with E-state index in [1.807, 2.05) is 0 Å². The van der Waals surface area contributed by atoms with Crippen molar-refractivity contribution in [1.29, 1.82) is 0 Å². The molecule has 20 heavy (non-hydrogen) atoms. The molecule has 2 aliphatic rings. The van der Waals surface area contributed by atoms with Crippen LogP contribution in [0.25, 0.3) is 0 Å². The molecule has 0 radical (unpaired) electrons. The molecule has 0 aliphatic carbocycles. The molecule has 0 bridgehead atoms. The van der Waals surface area contributed by atoms with E-state index in [-0.39, 0.29) is 0 Å². The summed E-state index contributed by atoms with van der Waals surface area (Å²) in [7, 11) is 3.87. The first-order valence-corrected chi connectivity index (χ1v) is 7.87. The normalized spacial score (nSPS) is 25.6. The Balaban J connectivity index is 2.02. The third-order valence-electron chi connectivity index (χ3n) is 4.45. The van der Waals surface area contributed by atoms with Crippen LogP contribution in [-0.4, -0.2) is 38.8 Å². The summed E-state index contributed by atoms with van der Waals surface area (Å²) in [6.07, 6.45) is 2.05. The second kappa shape index (κ2) is 5.54. The minimum atomic E-state index is 0.401. The zero-order valence-corrected chi connectivity index (χ0v) is 13.6. The van der Waals surface area contributed by atoms with Crippen molar-refractivity contribution in [3.8, 4) is 11.5 Å². The summed E-state index contributed by atoms with van der Waals surface area (Å²) in [5, 5.41) is 0. The van der Waals surface area contributed by atoms with Gasteiger partial charge in [-0.1, -0.05) is 15.9 Å². The molecule has 0 aromatic heterocycles. The highest BCUT2D eigenvalue weighted by Gasteiger charge is 2.33. The van der Waals surface area contributed by atoms with Crippen molar-refractivity contribution >= 4 is 15.9 Å². The highest BCUT2D eigenvalue weighted by molar-refractivity contribution is 9.10. The maximum absolute atomic E-state index is 5.84. The first-order valence-electron chi connectivity index (χ1n) is 7.08. The van der Waals surface area contributed by atoms with E-state index in [0.717, 1.165) is 44.0 Å². The number of nitrogens with two attached hydrogens (primary N) is 1. The topological polar surface area (TPSA) is 47.7 Å². The van der Waals surface area contributed by atoms with E-state index in [9.17, 15) is 0 Å². The molecule has 0 spiro atoms. The van der Waals surface area contributed by atoms with Crippen LogP contribution in [0.3, 0.4) is 0 Å². The number of hydrogen-bond acceptors (Lipinski definition) is 4. The van der Waals surface area contributed by atoms with E-state index in [4.69, 9.17) is 15.2 Å². The molecule has 1 aromatic carbocycles. The Morgan fingerprint density at radius 3 is 3.00 bits per heavy atom. The summed E-state index contributed by atoms with van der Waals surface area (Å²) in [6.45, 7) is 2.55. The molecule has 3 rings (SSSR count). The Bertz CT molecular complexity index is 521. The molecule has 2 unspecified atom stereocenters. The molecular weight excluding hydrogens is 320 g/mol. The highest BCUT2D eigenvalue weighted by atomic mass is 79.9. The molecule has 5 heteroatoms. The minimum Gasteiger partial charge on any atom is -0.493 e. The van der Waals surface area contributed by atoms with Crippen molar-refractivity contribution in [1.82, 2.24) is 4.90 Å². The van der Waals surface area contributed by atoms with Crippen LogP contribution in [0.2, 0.25) is 0 Å². The number of benzene rings is 1. The molecule has 110 valence electrons. The Hall–Kier alpha value is -0.780. The number of hydrogen-bond donors (Lipinski definition) is 1. The van der Waals surface area contributed by atoms with Gasteiger partial charge >= 0.3 is 0 Å². The molecule has 2 N–H and O–H groups in total. The van der Waals surface area contributed by atoms with Crippen LogP contribution < -0.4 is 15.2 Å². The van der Waals surface area contributed by atoms with Crippen LogP contribution in [-0.2, 0) is 6.42 Å². The SMILES string of the molecule is COc1cc(C2CC(CN)CN2C)c(Br)c2c1OCC2. The molecule has 1 fully saturated rings. The fraction of sp³-hybridized carbons (Fsp3) is 0.600. The summed E-state index contributed by atoms with van der Waals surface area (Å²) >= 11 is 3.78. The lowest BCUT2D eigenvalue weighted by Crippen LogP contribution is -2.21. The molecule has 1 aromatic rings. The van der Waals surface area contributed by atoms with E-state index in [0.29, 0.717) is 12.0 Å². The van der Waals surface area contributed by atoms with Gasteiger partial charge < -0.3 is 15.2 Å². The fourth-order valence-electron chi connectivity index (χ4n) is 3.36. The van der Waals surface area contributed by atoms with Crippen LogP contribution in [0.1, 0.15) is 23.6 Å². The van der Waals surface area contributed by atoms with Gasteiger partial charge in [0.05, 0.1) is 13.7 Å². The number of rotatable bonds is 3. The third kappa shape index (κ3) is 2.22. The van der Waals surface area contributed by atoms with Crippen molar-refractivity contribution in [2.45, 2.75) is 18.9 Å². The Morgan fingerprint density at radius 1 is 1.55 bits per heavy atom. The molecular formula is C15H21BrN2O2. The van der Waals surface area contributed by atoms with Crippen molar-refractivity contribution in [3.05, 3.63) is 21.7 Å². The van der Waals surface area contributed by atoms with Crippen LogP contribution >= 0.6 is 15.9 Å². The first-order chi connectivity index (χ1) is 9.65. The van der Waals surface area contributed by atoms with Gasteiger partial charge in [-0.2, -0.15) is 0 Å². The molecule has 4 nitrogen and oxygen atoms in total. The average molecular weight is 341 g/mol. The van der Waals surface area contributed by atoms with Gasteiger partial charge in [-0.15, -0.1) is 0 Å². The monoisotopic (exact) mass is 340 g/mol. The van der Waals surface area contributed by atoms with E-state index >= 15 is 0 Å². The zero-order chi connectivity index (χ0) is 14.3. The van der Waals surface area contributed by atoms with Crippen LogP contribution in [0, 0.1) is 5.92 Å². The summed E-state index contributed by atoms with van der Waals surface area (Å²) < 4.78 is 12.4. The Morgan fingerprint density at radius 2 is 2.35 bits per heavy atom. The van der Waals surface area contributed by atoms with E-state index in [2.05, 4.69) is 33.9 Å². The van der Waals surface area contributed by atoms with Gasteiger partial charge in [0.15, 0.2) is 11.5 Å². The fourth-order valence-corrected chi connectivity index (χ4v) is 4.12. The maximum Gasteiger partial charge on any atom is 0.165 e. The zero-order valence-electron chi connectivity index (χ0n) is 12.0. The van der Waals surface area contributed by atoms with Gasteiger partial charge in [0, 0.05) is 29.0 Å². The van der Waals surface area contributed by atoms with Gasteiger partial charge in [-0.05, 0) is 37.6 Å².